The molecule has 0 fully saturated rings. The van der Waals surface area contributed by atoms with Crippen LogP contribution in [0, 0.1) is 13.8 Å². The Morgan fingerprint density at radius 1 is 1.08 bits per heavy atom. The summed E-state index contributed by atoms with van der Waals surface area (Å²) in [6, 6.07) is 14.3. The van der Waals surface area contributed by atoms with E-state index in [9.17, 15) is 4.79 Å². The molecule has 0 heterocycles. The number of hydrogen-bond donors (Lipinski definition) is 1. The highest BCUT2D eigenvalue weighted by Crippen LogP contribution is 2.14. The van der Waals surface area contributed by atoms with E-state index in [0.29, 0.717) is 6.42 Å². The van der Waals surface area contributed by atoms with Gasteiger partial charge >= 0.3 is 0 Å². The van der Waals surface area contributed by atoms with E-state index in [-0.39, 0.29) is 5.91 Å². The molecule has 0 aromatic heterocycles. The van der Waals surface area contributed by atoms with Crippen LogP contribution in [0.4, 0.5) is 5.69 Å². The maximum atomic E-state index is 12.0. The maximum absolute atomic E-state index is 12.0. The predicted molar refractivity (Wildman–Crippen MR) is 105 cm³/mol. The lowest BCUT2D eigenvalue weighted by molar-refractivity contribution is -0.120. The van der Waals surface area contributed by atoms with Gasteiger partial charge in [-0.2, -0.15) is 5.10 Å². The second-order valence-electron chi connectivity index (χ2n) is 6.16. The lowest BCUT2D eigenvalue weighted by Crippen LogP contribution is -2.21. The highest BCUT2D eigenvalue weighted by molar-refractivity contribution is 5.83. The zero-order valence-corrected chi connectivity index (χ0v) is 15.5. The first-order valence-electron chi connectivity index (χ1n) is 8.76. The van der Waals surface area contributed by atoms with Gasteiger partial charge in [0.05, 0.1) is 12.6 Å². The molecule has 0 bridgehead atoms. The van der Waals surface area contributed by atoms with Crippen LogP contribution in [0.25, 0.3) is 0 Å². The van der Waals surface area contributed by atoms with Gasteiger partial charge in [-0.1, -0.05) is 35.9 Å². The first kappa shape index (κ1) is 18.7. The van der Waals surface area contributed by atoms with E-state index in [0.717, 1.165) is 29.8 Å². The molecule has 25 heavy (non-hydrogen) atoms. The third kappa shape index (κ3) is 5.45. The molecule has 4 heteroatoms. The first-order valence-corrected chi connectivity index (χ1v) is 8.76. The molecular formula is C21H27N3O. The van der Waals surface area contributed by atoms with Crippen LogP contribution >= 0.6 is 0 Å². The van der Waals surface area contributed by atoms with Crippen molar-refractivity contribution >= 4 is 17.8 Å². The van der Waals surface area contributed by atoms with Gasteiger partial charge in [0.25, 0.3) is 0 Å². The summed E-state index contributed by atoms with van der Waals surface area (Å²) >= 11 is 0. The third-order valence-electron chi connectivity index (χ3n) is 4.27. The molecule has 2 aromatic rings. The molecule has 2 rings (SSSR count). The summed E-state index contributed by atoms with van der Waals surface area (Å²) in [5.41, 5.74) is 8.12. The van der Waals surface area contributed by atoms with Crippen molar-refractivity contribution in [2.24, 2.45) is 5.10 Å². The van der Waals surface area contributed by atoms with E-state index >= 15 is 0 Å². The first-order chi connectivity index (χ1) is 12.0. The van der Waals surface area contributed by atoms with Crippen molar-refractivity contribution in [3.63, 3.8) is 0 Å². The van der Waals surface area contributed by atoms with Crippen molar-refractivity contribution in [1.82, 2.24) is 5.43 Å². The minimum absolute atomic E-state index is 0.108. The zero-order valence-electron chi connectivity index (χ0n) is 15.5. The third-order valence-corrected chi connectivity index (χ3v) is 4.27. The number of carbonyl (C=O) groups is 1. The summed E-state index contributed by atoms with van der Waals surface area (Å²) < 4.78 is 0. The van der Waals surface area contributed by atoms with Crippen molar-refractivity contribution in [3.05, 3.63) is 64.7 Å². The van der Waals surface area contributed by atoms with Crippen LogP contribution < -0.4 is 10.3 Å². The molecule has 0 saturated heterocycles. The topological polar surface area (TPSA) is 44.7 Å². The minimum atomic E-state index is -0.108. The molecule has 1 N–H and O–H groups in total. The van der Waals surface area contributed by atoms with Crippen LogP contribution in [0.3, 0.4) is 0 Å². The van der Waals surface area contributed by atoms with Gasteiger partial charge < -0.3 is 4.90 Å². The zero-order chi connectivity index (χ0) is 18.2. The second kappa shape index (κ2) is 9.02. The van der Waals surface area contributed by atoms with Crippen LogP contribution in [-0.2, 0) is 11.2 Å². The van der Waals surface area contributed by atoms with Crippen LogP contribution in [0.2, 0.25) is 0 Å². The molecule has 132 valence electrons. The Balaban J connectivity index is 1.90. The summed E-state index contributed by atoms with van der Waals surface area (Å²) in [6.07, 6.45) is 2.01. The lowest BCUT2D eigenvalue weighted by atomic mass is 10.0. The average molecular weight is 337 g/mol. The number of nitrogens with zero attached hydrogens (tertiary/aromatic N) is 2. The Hall–Kier alpha value is -2.62. The van der Waals surface area contributed by atoms with Gasteiger partial charge in [0, 0.05) is 18.8 Å². The van der Waals surface area contributed by atoms with Crippen molar-refractivity contribution in [1.29, 1.82) is 0 Å². The monoisotopic (exact) mass is 337 g/mol. The number of hydrazone groups is 1. The smallest absolute Gasteiger partial charge is 0.244 e. The van der Waals surface area contributed by atoms with Crippen LogP contribution in [-0.4, -0.2) is 25.2 Å². The number of hydrogen-bond acceptors (Lipinski definition) is 3. The number of anilines is 1. The van der Waals surface area contributed by atoms with E-state index in [1.54, 1.807) is 6.21 Å². The van der Waals surface area contributed by atoms with Gasteiger partial charge in [-0.05, 0) is 56.5 Å². The fraction of sp³-hybridized carbons (Fsp3) is 0.333. The highest BCUT2D eigenvalue weighted by atomic mass is 16.2. The standard InChI is InChI=1S/C21H27N3O/c1-5-24(6-2)20-11-8-18(9-12-20)15-22-23-21(25)14-19-10-7-16(3)13-17(19)4/h7-13,15H,5-6,14H2,1-4H3,(H,23,25)/b22-15+. The van der Waals surface area contributed by atoms with E-state index in [2.05, 4.69) is 47.5 Å². The molecule has 0 aliphatic rings. The molecule has 4 nitrogen and oxygen atoms in total. The molecule has 0 spiro atoms. The Morgan fingerprint density at radius 2 is 1.76 bits per heavy atom. The van der Waals surface area contributed by atoms with Gasteiger partial charge in [0.15, 0.2) is 0 Å². The molecule has 2 aromatic carbocycles. The van der Waals surface area contributed by atoms with Crippen LogP contribution in [0.15, 0.2) is 47.6 Å². The molecule has 0 radical (unpaired) electrons. The van der Waals surface area contributed by atoms with Crippen molar-refractivity contribution < 1.29 is 4.79 Å². The molecule has 0 aliphatic carbocycles. The highest BCUT2D eigenvalue weighted by Gasteiger charge is 2.05. The number of benzene rings is 2. The Kier molecular flexibility index (Phi) is 6.75. The van der Waals surface area contributed by atoms with Crippen molar-refractivity contribution in [3.8, 4) is 0 Å². The van der Waals surface area contributed by atoms with E-state index in [1.165, 1.54) is 11.3 Å². The lowest BCUT2D eigenvalue weighted by Gasteiger charge is -2.20. The number of amides is 1. The largest absolute Gasteiger partial charge is 0.372 e. The molecule has 0 unspecified atom stereocenters. The van der Waals surface area contributed by atoms with Crippen molar-refractivity contribution in [2.45, 2.75) is 34.1 Å². The van der Waals surface area contributed by atoms with Gasteiger partial charge in [0.2, 0.25) is 5.91 Å². The molecule has 0 atom stereocenters. The predicted octanol–water partition coefficient (Wildman–Crippen LogP) is 3.84. The fourth-order valence-electron chi connectivity index (χ4n) is 2.80. The van der Waals surface area contributed by atoms with E-state index in [4.69, 9.17) is 0 Å². The van der Waals surface area contributed by atoms with Gasteiger partial charge in [-0.3, -0.25) is 4.79 Å². The number of aryl methyl sites for hydroxylation is 2. The maximum Gasteiger partial charge on any atom is 0.244 e. The molecule has 0 saturated carbocycles. The minimum Gasteiger partial charge on any atom is -0.372 e. The number of carbonyl (C=O) groups excluding carboxylic acids is 1. The van der Waals surface area contributed by atoms with Gasteiger partial charge in [0.1, 0.15) is 0 Å². The molecule has 1 amide bonds. The summed E-state index contributed by atoms with van der Waals surface area (Å²) in [5, 5.41) is 4.06. The van der Waals surface area contributed by atoms with E-state index in [1.807, 2.05) is 38.1 Å². The number of nitrogens with one attached hydrogen (secondary N) is 1. The van der Waals surface area contributed by atoms with Crippen LogP contribution in [0.1, 0.15) is 36.1 Å². The summed E-state index contributed by atoms with van der Waals surface area (Å²) in [6.45, 7) is 10.3. The average Bonchev–Trinajstić information content (AvgIpc) is 2.60. The summed E-state index contributed by atoms with van der Waals surface area (Å²) in [5.74, 6) is -0.108. The quantitative estimate of drug-likeness (QED) is 0.616. The number of rotatable bonds is 7. The Morgan fingerprint density at radius 3 is 2.36 bits per heavy atom. The fourth-order valence-corrected chi connectivity index (χ4v) is 2.80. The normalized spacial score (nSPS) is 10.9. The van der Waals surface area contributed by atoms with Gasteiger partial charge in [-0.25, -0.2) is 5.43 Å². The Labute approximate surface area is 150 Å². The van der Waals surface area contributed by atoms with Crippen molar-refractivity contribution in [2.75, 3.05) is 18.0 Å². The Bertz CT molecular complexity index is 731. The summed E-state index contributed by atoms with van der Waals surface area (Å²) in [4.78, 5) is 14.3. The van der Waals surface area contributed by atoms with Crippen LogP contribution in [0.5, 0.6) is 0 Å². The second-order valence-corrected chi connectivity index (χ2v) is 6.16. The van der Waals surface area contributed by atoms with E-state index < -0.39 is 0 Å². The van der Waals surface area contributed by atoms with Gasteiger partial charge in [-0.15, -0.1) is 0 Å². The molecular weight excluding hydrogens is 310 g/mol. The molecule has 0 aliphatic heterocycles. The summed E-state index contributed by atoms with van der Waals surface area (Å²) in [7, 11) is 0. The SMILES string of the molecule is CCN(CC)c1ccc(/C=N/NC(=O)Cc2ccc(C)cc2C)cc1.